The lowest BCUT2D eigenvalue weighted by molar-refractivity contribution is 0.0696. The highest BCUT2D eigenvalue weighted by Gasteiger charge is 2.08. The average Bonchev–Trinajstić information content (AvgIpc) is 2.75. The largest absolute Gasteiger partial charge is 0.478 e. The van der Waals surface area contributed by atoms with Gasteiger partial charge in [0.1, 0.15) is 17.3 Å². The molecule has 2 heterocycles. The lowest BCUT2D eigenvalue weighted by atomic mass is 10.3. The standard InChI is InChI=1S/C13H14N2O3/c1-9-3-5-11(18-9)8-15(2)12-6-4-10(7-14-12)13(16)17/h3-7H,8H2,1-2H3,(H,16,17). The van der Waals surface area contributed by atoms with Gasteiger partial charge in [-0.3, -0.25) is 0 Å². The summed E-state index contributed by atoms with van der Waals surface area (Å²) in [5.41, 5.74) is 0.181. The molecule has 0 atom stereocenters. The van der Waals surface area contributed by atoms with Gasteiger partial charge in [0.25, 0.3) is 0 Å². The Morgan fingerprint density at radius 2 is 2.17 bits per heavy atom. The van der Waals surface area contributed by atoms with Gasteiger partial charge in [-0.05, 0) is 31.2 Å². The fraction of sp³-hybridized carbons (Fsp3) is 0.231. The van der Waals surface area contributed by atoms with Crippen LogP contribution in [0.1, 0.15) is 21.9 Å². The molecule has 0 saturated carbocycles. The molecule has 0 saturated heterocycles. The Morgan fingerprint density at radius 3 is 2.67 bits per heavy atom. The van der Waals surface area contributed by atoms with E-state index in [1.54, 1.807) is 6.07 Å². The average molecular weight is 246 g/mol. The van der Waals surface area contributed by atoms with Gasteiger partial charge in [0, 0.05) is 13.2 Å². The summed E-state index contributed by atoms with van der Waals surface area (Å²) in [6.07, 6.45) is 1.35. The Morgan fingerprint density at radius 1 is 1.39 bits per heavy atom. The fourth-order valence-corrected chi connectivity index (χ4v) is 1.62. The van der Waals surface area contributed by atoms with Crippen LogP contribution in [0.3, 0.4) is 0 Å². The second-order valence-electron chi connectivity index (χ2n) is 4.08. The van der Waals surface area contributed by atoms with Crippen molar-refractivity contribution in [1.82, 2.24) is 4.98 Å². The quantitative estimate of drug-likeness (QED) is 0.896. The molecule has 0 aliphatic rings. The zero-order chi connectivity index (χ0) is 13.1. The molecule has 0 amide bonds. The Balaban J connectivity index is 2.09. The Hall–Kier alpha value is -2.30. The van der Waals surface area contributed by atoms with Crippen LogP contribution in [0.5, 0.6) is 0 Å². The highest BCUT2D eigenvalue weighted by Crippen LogP contribution is 2.14. The monoisotopic (exact) mass is 246 g/mol. The van der Waals surface area contributed by atoms with Crippen LogP contribution in [0.4, 0.5) is 5.82 Å². The minimum absolute atomic E-state index is 0.181. The van der Waals surface area contributed by atoms with Crippen LogP contribution in [0.15, 0.2) is 34.9 Å². The molecule has 2 aromatic heterocycles. The molecule has 0 unspecified atom stereocenters. The van der Waals surface area contributed by atoms with Crippen molar-refractivity contribution in [3.05, 3.63) is 47.5 Å². The van der Waals surface area contributed by atoms with E-state index in [0.717, 1.165) is 11.5 Å². The molecule has 5 nitrogen and oxygen atoms in total. The second-order valence-corrected chi connectivity index (χ2v) is 4.08. The van der Waals surface area contributed by atoms with Crippen molar-refractivity contribution in [2.24, 2.45) is 0 Å². The number of carboxylic acids is 1. The third-order valence-electron chi connectivity index (χ3n) is 2.57. The molecule has 0 spiro atoms. The Bertz CT molecular complexity index is 546. The van der Waals surface area contributed by atoms with Crippen LogP contribution in [-0.2, 0) is 6.54 Å². The molecule has 94 valence electrons. The lowest BCUT2D eigenvalue weighted by Gasteiger charge is -2.16. The summed E-state index contributed by atoms with van der Waals surface area (Å²) >= 11 is 0. The van der Waals surface area contributed by atoms with Crippen LogP contribution < -0.4 is 4.90 Å². The minimum Gasteiger partial charge on any atom is -0.478 e. The number of rotatable bonds is 4. The maximum absolute atomic E-state index is 10.7. The SMILES string of the molecule is Cc1ccc(CN(C)c2ccc(C(=O)O)cn2)o1. The third-order valence-corrected chi connectivity index (χ3v) is 2.57. The zero-order valence-electron chi connectivity index (χ0n) is 10.3. The number of hydrogen-bond acceptors (Lipinski definition) is 4. The van der Waals surface area contributed by atoms with E-state index in [9.17, 15) is 4.79 Å². The summed E-state index contributed by atoms with van der Waals surface area (Å²) in [6, 6.07) is 7.04. The highest BCUT2D eigenvalue weighted by molar-refractivity contribution is 5.87. The predicted octanol–water partition coefficient (Wildman–Crippen LogP) is 2.32. The molecule has 0 aromatic carbocycles. The number of carbonyl (C=O) groups is 1. The first-order valence-electron chi connectivity index (χ1n) is 5.52. The number of aryl methyl sites for hydroxylation is 1. The van der Waals surface area contributed by atoms with Gasteiger partial charge in [0.2, 0.25) is 0 Å². The molecule has 0 bridgehead atoms. The van der Waals surface area contributed by atoms with Crippen molar-refractivity contribution in [2.45, 2.75) is 13.5 Å². The molecule has 2 rings (SSSR count). The molecule has 5 heteroatoms. The van der Waals surface area contributed by atoms with Gasteiger partial charge in [-0.1, -0.05) is 0 Å². The molecule has 0 aliphatic carbocycles. The number of hydrogen-bond donors (Lipinski definition) is 1. The number of nitrogens with zero attached hydrogens (tertiary/aromatic N) is 2. The molecule has 0 fully saturated rings. The van der Waals surface area contributed by atoms with Crippen molar-refractivity contribution in [2.75, 3.05) is 11.9 Å². The summed E-state index contributed by atoms with van der Waals surface area (Å²) in [5.74, 6) is 1.44. The van der Waals surface area contributed by atoms with Crippen molar-refractivity contribution >= 4 is 11.8 Å². The van der Waals surface area contributed by atoms with E-state index in [2.05, 4.69) is 4.98 Å². The number of anilines is 1. The predicted molar refractivity (Wildman–Crippen MR) is 66.7 cm³/mol. The Labute approximate surface area is 105 Å². The van der Waals surface area contributed by atoms with Crippen LogP contribution >= 0.6 is 0 Å². The first-order valence-corrected chi connectivity index (χ1v) is 5.52. The molecular formula is C13H14N2O3. The van der Waals surface area contributed by atoms with Gasteiger partial charge in [-0.2, -0.15) is 0 Å². The first kappa shape index (κ1) is 12.2. The fourth-order valence-electron chi connectivity index (χ4n) is 1.62. The van der Waals surface area contributed by atoms with Crippen molar-refractivity contribution in [1.29, 1.82) is 0 Å². The molecule has 18 heavy (non-hydrogen) atoms. The van der Waals surface area contributed by atoms with E-state index in [4.69, 9.17) is 9.52 Å². The summed E-state index contributed by atoms with van der Waals surface area (Å²) in [4.78, 5) is 16.7. The molecular weight excluding hydrogens is 232 g/mol. The van der Waals surface area contributed by atoms with E-state index >= 15 is 0 Å². The van der Waals surface area contributed by atoms with E-state index in [-0.39, 0.29) is 5.56 Å². The normalized spacial score (nSPS) is 10.3. The third kappa shape index (κ3) is 2.68. The van der Waals surface area contributed by atoms with Gasteiger partial charge in [0.05, 0.1) is 12.1 Å². The lowest BCUT2D eigenvalue weighted by Crippen LogP contribution is -2.17. The maximum atomic E-state index is 10.7. The van der Waals surface area contributed by atoms with Crippen LogP contribution in [-0.4, -0.2) is 23.1 Å². The van der Waals surface area contributed by atoms with Crippen molar-refractivity contribution < 1.29 is 14.3 Å². The van der Waals surface area contributed by atoms with Crippen molar-refractivity contribution in [3.63, 3.8) is 0 Å². The minimum atomic E-state index is -0.974. The number of furan rings is 1. The smallest absolute Gasteiger partial charge is 0.337 e. The summed E-state index contributed by atoms with van der Waals surface area (Å²) in [6.45, 7) is 2.48. The van der Waals surface area contributed by atoms with Gasteiger partial charge in [0.15, 0.2) is 0 Å². The maximum Gasteiger partial charge on any atom is 0.337 e. The summed E-state index contributed by atoms with van der Waals surface area (Å²) in [5, 5.41) is 8.78. The summed E-state index contributed by atoms with van der Waals surface area (Å²) in [7, 11) is 1.88. The van der Waals surface area contributed by atoms with Gasteiger partial charge < -0.3 is 14.4 Å². The van der Waals surface area contributed by atoms with Gasteiger partial charge >= 0.3 is 5.97 Å². The van der Waals surface area contributed by atoms with E-state index in [1.165, 1.54) is 12.3 Å². The first-order chi connectivity index (χ1) is 8.56. The molecule has 0 aliphatic heterocycles. The Kier molecular flexibility index (Phi) is 3.32. The number of pyridine rings is 1. The topological polar surface area (TPSA) is 66.6 Å². The summed E-state index contributed by atoms with van der Waals surface area (Å²) < 4.78 is 5.47. The van der Waals surface area contributed by atoms with E-state index < -0.39 is 5.97 Å². The molecule has 0 radical (unpaired) electrons. The number of carboxylic acid groups (broad SMARTS) is 1. The van der Waals surface area contributed by atoms with E-state index in [0.29, 0.717) is 12.4 Å². The van der Waals surface area contributed by atoms with Gasteiger partial charge in [-0.15, -0.1) is 0 Å². The second kappa shape index (κ2) is 4.91. The number of aromatic carboxylic acids is 1. The number of aromatic nitrogens is 1. The van der Waals surface area contributed by atoms with Crippen LogP contribution in [0.2, 0.25) is 0 Å². The van der Waals surface area contributed by atoms with Crippen LogP contribution in [0, 0.1) is 6.92 Å². The molecule has 2 aromatic rings. The van der Waals surface area contributed by atoms with Crippen LogP contribution in [0.25, 0.3) is 0 Å². The van der Waals surface area contributed by atoms with E-state index in [1.807, 2.05) is 31.0 Å². The molecule has 1 N–H and O–H groups in total. The van der Waals surface area contributed by atoms with Gasteiger partial charge in [-0.25, -0.2) is 9.78 Å². The zero-order valence-corrected chi connectivity index (χ0v) is 10.3. The van der Waals surface area contributed by atoms with Crippen molar-refractivity contribution in [3.8, 4) is 0 Å². The highest BCUT2D eigenvalue weighted by atomic mass is 16.4.